The zero-order valence-electron chi connectivity index (χ0n) is 18.1. The summed E-state index contributed by atoms with van der Waals surface area (Å²) in [5.41, 5.74) is 3.64. The Balaban J connectivity index is 1.33. The number of aromatic nitrogens is 2. The molecule has 0 aliphatic carbocycles. The van der Waals surface area contributed by atoms with E-state index in [1.807, 2.05) is 30.1 Å². The third-order valence-electron chi connectivity index (χ3n) is 7.23. The molecule has 156 valence electrons. The second kappa shape index (κ2) is 6.47. The number of fused-ring (bicyclic) bond motifs is 3. The highest BCUT2D eigenvalue weighted by molar-refractivity contribution is 5.50. The van der Waals surface area contributed by atoms with Crippen molar-refractivity contribution in [3.63, 3.8) is 0 Å². The Kier molecular flexibility index (Phi) is 4.23. The van der Waals surface area contributed by atoms with Gasteiger partial charge in [0.05, 0.1) is 26.0 Å². The van der Waals surface area contributed by atoms with Crippen LogP contribution in [-0.4, -0.2) is 47.1 Å². The monoisotopic (exact) mass is 397 g/mol. The minimum atomic E-state index is -0.292. The molecule has 6 heteroatoms. The van der Waals surface area contributed by atoms with Gasteiger partial charge in [0.25, 0.3) is 0 Å². The lowest BCUT2D eigenvalue weighted by Gasteiger charge is -2.58. The second-order valence-electron chi connectivity index (χ2n) is 9.65. The highest BCUT2D eigenvalue weighted by Gasteiger charge is 2.56. The molecule has 1 aromatic heterocycles. The molecule has 2 atom stereocenters. The molecule has 0 unspecified atom stereocenters. The first-order valence-corrected chi connectivity index (χ1v) is 10.5. The number of nitrogens with zero attached hydrogens (tertiary/aromatic N) is 3. The maximum absolute atomic E-state index is 6.55. The lowest BCUT2D eigenvalue weighted by molar-refractivity contribution is -0.200. The molecule has 0 radical (unpaired) electrons. The highest BCUT2D eigenvalue weighted by Crippen LogP contribution is 2.56. The third-order valence-corrected chi connectivity index (χ3v) is 7.23. The van der Waals surface area contributed by atoms with E-state index in [9.17, 15) is 0 Å². The van der Waals surface area contributed by atoms with Crippen LogP contribution < -0.4 is 9.47 Å². The predicted molar refractivity (Wildman–Crippen MR) is 110 cm³/mol. The van der Waals surface area contributed by atoms with Gasteiger partial charge in [0, 0.05) is 54.8 Å². The lowest BCUT2D eigenvalue weighted by atomic mass is 9.64. The van der Waals surface area contributed by atoms with Crippen molar-refractivity contribution < 1.29 is 14.2 Å². The first kappa shape index (κ1) is 18.9. The van der Waals surface area contributed by atoms with Crippen molar-refractivity contribution in [2.45, 2.75) is 45.4 Å². The van der Waals surface area contributed by atoms with Crippen LogP contribution in [0.25, 0.3) is 0 Å². The van der Waals surface area contributed by atoms with Crippen molar-refractivity contribution >= 4 is 0 Å². The van der Waals surface area contributed by atoms with Crippen LogP contribution in [0.1, 0.15) is 43.2 Å². The quantitative estimate of drug-likeness (QED) is 0.794. The number of hydrogen-bond donors (Lipinski definition) is 0. The standard InChI is InChI=1S/C23H31N3O3/c1-15-16(10-24-25(15)4)11-26-12-23(13-26)9-18-20(28-14-23)17-7-6-8-19(27-5)21(17)29-22(18,2)3/h6-8,10,18,20H,9,11-14H2,1-5H3/t18-,20+/m0/s1. The van der Waals surface area contributed by atoms with Crippen molar-refractivity contribution in [1.29, 1.82) is 0 Å². The van der Waals surface area contributed by atoms with E-state index >= 15 is 0 Å². The van der Waals surface area contributed by atoms with Gasteiger partial charge in [-0.05, 0) is 33.3 Å². The number of ether oxygens (including phenoxy) is 3. The molecule has 0 saturated carbocycles. The van der Waals surface area contributed by atoms with E-state index in [0.29, 0.717) is 5.92 Å². The number of benzene rings is 1. The Bertz CT molecular complexity index is 929. The molecule has 1 spiro atoms. The molecule has 2 aromatic rings. The topological polar surface area (TPSA) is 48.8 Å². The summed E-state index contributed by atoms with van der Waals surface area (Å²) in [6, 6.07) is 6.12. The fourth-order valence-electron chi connectivity index (χ4n) is 5.47. The van der Waals surface area contributed by atoms with E-state index in [-0.39, 0.29) is 17.1 Å². The first-order valence-electron chi connectivity index (χ1n) is 10.5. The average molecular weight is 398 g/mol. The summed E-state index contributed by atoms with van der Waals surface area (Å²) in [6.45, 7) is 10.4. The molecule has 0 N–H and O–H groups in total. The molecule has 29 heavy (non-hydrogen) atoms. The van der Waals surface area contributed by atoms with Crippen molar-refractivity contribution in [2.75, 3.05) is 26.8 Å². The molecule has 2 fully saturated rings. The Labute approximate surface area is 172 Å². The van der Waals surface area contributed by atoms with Gasteiger partial charge in [-0.25, -0.2) is 0 Å². The molecule has 0 bridgehead atoms. The van der Waals surface area contributed by atoms with E-state index in [2.05, 4.69) is 36.8 Å². The van der Waals surface area contributed by atoms with E-state index in [1.54, 1.807) is 7.11 Å². The SMILES string of the molecule is COc1cccc2c1OC(C)(C)[C@H]1CC3(CO[C@H]21)CN(Cc1cnn(C)c1C)C3. The van der Waals surface area contributed by atoms with Gasteiger partial charge in [0.1, 0.15) is 5.60 Å². The number of likely N-dealkylation sites (tertiary alicyclic amines) is 1. The van der Waals surface area contributed by atoms with E-state index in [1.165, 1.54) is 11.3 Å². The summed E-state index contributed by atoms with van der Waals surface area (Å²) >= 11 is 0. The molecule has 5 rings (SSSR count). The number of hydrogen-bond acceptors (Lipinski definition) is 5. The van der Waals surface area contributed by atoms with Crippen LogP contribution in [0.2, 0.25) is 0 Å². The number of rotatable bonds is 3. The van der Waals surface area contributed by atoms with Gasteiger partial charge in [0.15, 0.2) is 11.5 Å². The number of methoxy groups -OCH3 is 1. The summed E-state index contributed by atoms with van der Waals surface area (Å²) < 4.78 is 20.5. The molecule has 6 nitrogen and oxygen atoms in total. The zero-order chi connectivity index (χ0) is 20.4. The van der Waals surface area contributed by atoms with Gasteiger partial charge < -0.3 is 14.2 Å². The molecule has 1 aromatic carbocycles. The zero-order valence-corrected chi connectivity index (χ0v) is 18.1. The van der Waals surface area contributed by atoms with Crippen LogP contribution in [0.15, 0.2) is 24.4 Å². The predicted octanol–water partition coefficient (Wildman–Crippen LogP) is 3.49. The fraction of sp³-hybridized carbons (Fsp3) is 0.609. The van der Waals surface area contributed by atoms with E-state index in [0.717, 1.165) is 49.7 Å². The van der Waals surface area contributed by atoms with Crippen molar-refractivity contribution in [2.24, 2.45) is 18.4 Å². The average Bonchev–Trinajstić information content (AvgIpc) is 2.98. The van der Waals surface area contributed by atoms with Gasteiger partial charge in [-0.2, -0.15) is 5.10 Å². The van der Waals surface area contributed by atoms with E-state index in [4.69, 9.17) is 14.2 Å². The van der Waals surface area contributed by atoms with Crippen molar-refractivity contribution in [3.8, 4) is 11.5 Å². The molecule has 4 heterocycles. The number of para-hydroxylation sites is 1. The van der Waals surface area contributed by atoms with Crippen molar-refractivity contribution in [1.82, 2.24) is 14.7 Å². The maximum atomic E-state index is 6.55. The Morgan fingerprint density at radius 2 is 2.07 bits per heavy atom. The van der Waals surface area contributed by atoms with Crippen LogP contribution in [0.5, 0.6) is 11.5 Å². The van der Waals surface area contributed by atoms with E-state index < -0.39 is 0 Å². The van der Waals surface area contributed by atoms with Gasteiger partial charge in [-0.1, -0.05) is 12.1 Å². The second-order valence-corrected chi connectivity index (χ2v) is 9.65. The lowest BCUT2D eigenvalue weighted by Crippen LogP contribution is -2.63. The minimum Gasteiger partial charge on any atom is -0.493 e. The first-order chi connectivity index (χ1) is 13.8. The number of aryl methyl sites for hydroxylation is 1. The van der Waals surface area contributed by atoms with Gasteiger partial charge in [0.2, 0.25) is 0 Å². The Morgan fingerprint density at radius 1 is 1.28 bits per heavy atom. The summed E-state index contributed by atoms with van der Waals surface area (Å²) in [7, 11) is 3.70. The van der Waals surface area contributed by atoms with Gasteiger partial charge >= 0.3 is 0 Å². The van der Waals surface area contributed by atoms with Crippen LogP contribution in [0.3, 0.4) is 0 Å². The highest BCUT2D eigenvalue weighted by atomic mass is 16.5. The normalized spacial score (nSPS) is 26.9. The van der Waals surface area contributed by atoms with Crippen LogP contribution in [-0.2, 0) is 18.3 Å². The summed E-state index contributed by atoms with van der Waals surface area (Å²) in [5, 5.41) is 4.38. The van der Waals surface area contributed by atoms with Crippen LogP contribution in [0, 0.1) is 18.3 Å². The summed E-state index contributed by atoms with van der Waals surface area (Å²) in [6.07, 6.45) is 3.20. The smallest absolute Gasteiger partial charge is 0.167 e. The fourth-order valence-corrected chi connectivity index (χ4v) is 5.47. The molecular formula is C23H31N3O3. The molecule has 0 amide bonds. The molecule has 3 aliphatic heterocycles. The summed E-state index contributed by atoms with van der Waals surface area (Å²) in [5.74, 6) is 1.97. The van der Waals surface area contributed by atoms with Crippen LogP contribution >= 0.6 is 0 Å². The Hall–Kier alpha value is -2.05. The third kappa shape index (κ3) is 2.96. The molecule has 3 aliphatic rings. The molecular weight excluding hydrogens is 366 g/mol. The Morgan fingerprint density at radius 3 is 2.76 bits per heavy atom. The van der Waals surface area contributed by atoms with Crippen LogP contribution in [0.4, 0.5) is 0 Å². The molecule has 2 saturated heterocycles. The largest absolute Gasteiger partial charge is 0.493 e. The maximum Gasteiger partial charge on any atom is 0.167 e. The van der Waals surface area contributed by atoms with Gasteiger partial charge in [-0.15, -0.1) is 0 Å². The van der Waals surface area contributed by atoms with Crippen molar-refractivity contribution in [3.05, 3.63) is 41.2 Å². The van der Waals surface area contributed by atoms with Gasteiger partial charge in [-0.3, -0.25) is 9.58 Å². The summed E-state index contributed by atoms with van der Waals surface area (Å²) in [4.78, 5) is 2.52. The minimum absolute atomic E-state index is 0.0732.